The van der Waals surface area contributed by atoms with E-state index in [1.54, 1.807) is 6.07 Å². The van der Waals surface area contributed by atoms with Gasteiger partial charge in [0, 0.05) is 6.54 Å². The van der Waals surface area contributed by atoms with Gasteiger partial charge in [-0.1, -0.05) is 23.7 Å². The van der Waals surface area contributed by atoms with E-state index in [0.29, 0.717) is 0 Å². The van der Waals surface area contributed by atoms with Crippen LogP contribution in [0.5, 0.6) is 0 Å². The van der Waals surface area contributed by atoms with Gasteiger partial charge in [-0.3, -0.25) is 9.59 Å². The van der Waals surface area contributed by atoms with E-state index in [1.807, 2.05) is 0 Å². The Morgan fingerprint density at radius 1 is 1.35 bits per heavy atom. The lowest BCUT2D eigenvalue weighted by Gasteiger charge is -2.35. The summed E-state index contributed by atoms with van der Waals surface area (Å²) in [5.74, 6) is -2.49. The van der Waals surface area contributed by atoms with Gasteiger partial charge < -0.3 is 9.84 Å². The first-order valence-corrected chi connectivity index (χ1v) is 8.68. The zero-order valence-electron chi connectivity index (χ0n) is 12.3. The average Bonchev–Trinajstić information content (AvgIpc) is 2.53. The highest BCUT2D eigenvalue weighted by atomic mass is 35.5. The fourth-order valence-corrected chi connectivity index (χ4v) is 4.72. The SMILES string of the molecule is COC(=O)C1CCN(S(=O)(=O)c2ccccc2Cl)C(C(=O)O)C1. The summed E-state index contributed by atoms with van der Waals surface area (Å²) in [4.78, 5) is 23.0. The Morgan fingerprint density at radius 3 is 2.57 bits per heavy atom. The summed E-state index contributed by atoms with van der Waals surface area (Å²) in [6, 6.07) is 4.50. The first kappa shape index (κ1) is 17.7. The van der Waals surface area contributed by atoms with Gasteiger partial charge in [-0.05, 0) is 25.0 Å². The monoisotopic (exact) mass is 361 g/mol. The number of methoxy groups -OCH3 is 1. The smallest absolute Gasteiger partial charge is 0.322 e. The highest BCUT2D eigenvalue weighted by molar-refractivity contribution is 7.89. The lowest BCUT2D eigenvalue weighted by Crippen LogP contribution is -2.51. The highest BCUT2D eigenvalue weighted by Crippen LogP contribution is 2.32. The number of ether oxygens (including phenoxy) is 1. The van der Waals surface area contributed by atoms with Gasteiger partial charge in [0.2, 0.25) is 10.0 Å². The van der Waals surface area contributed by atoms with E-state index in [-0.39, 0.29) is 29.3 Å². The normalized spacial score (nSPS) is 22.5. The van der Waals surface area contributed by atoms with Crippen molar-refractivity contribution in [2.45, 2.75) is 23.8 Å². The third kappa shape index (κ3) is 3.49. The number of carbonyl (C=O) groups excluding carboxylic acids is 1. The summed E-state index contributed by atoms with van der Waals surface area (Å²) in [5.41, 5.74) is 0. The zero-order chi connectivity index (χ0) is 17.2. The molecule has 7 nitrogen and oxygen atoms in total. The Balaban J connectivity index is 2.36. The van der Waals surface area contributed by atoms with Crippen molar-refractivity contribution < 1.29 is 27.9 Å². The molecule has 0 radical (unpaired) electrons. The van der Waals surface area contributed by atoms with Crippen LogP contribution in [0.2, 0.25) is 5.02 Å². The minimum atomic E-state index is -4.07. The van der Waals surface area contributed by atoms with Crippen molar-refractivity contribution in [2.75, 3.05) is 13.7 Å². The molecular formula is C14H16ClNO6S. The van der Waals surface area contributed by atoms with Crippen LogP contribution in [0, 0.1) is 5.92 Å². The van der Waals surface area contributed by atoms with Crippen molar-refractivity contribution >= 4 is 33.6 Å². The number of hydrogen-bond acceptors (Lipinski definition) is 5. The fraction of sp³-hybridized carbons (Fsp3) is 0.429. The summed E-state index contributed by atoms with van der Waals surface area (Å²) in [6.45, 7) is -0.0930. The van der Waals surface area contributed by atoms with Crippen LogP contribution in [0.25, 0.3) is 0 Å². The molecule has 1 aromatic rings. The maximum absolute atomic E-state index is 12.7. The van der Waals surface area contributed by atoms with Crippen LogP contribution in [0.3, 0.4) is 0 Å². The molecule has 1 aromatic carbocycles. The number of carboxylic acids is 1. The van der Waals surface area contributed by atoms with Crippen LogP contribution in [-0.4, -0.2) is 49.5 Å². The van der Waals surface area contributed by atoms with Crippen molar-refractivity contribution in [1.29, 1.82) is 0 Å². The molecule has 1 heterocycles. The second-order valence-corrected chi connectivity index (χ2v) is 7.41. The lowest BCUT2D eigenvalue weighted by atomic mass is 9.92. The van der Waals surface area contributed by atoms with Gasteiger partial charge in [0.1, 0.15) is 10.9 Å². The van der Waals surface area contributed by atoms with Gasteiger partial charge in [0.15, 0.2) is 0 Å². The molecule has 126 valence electrons. The number of rotatable bonds is 4. The molecule has 23 heavy (non-hydrogen) atoms. The molecule has 0 amide bonds. The van der Waals surface area contributed by atoms with Gasteiger partial charge >= 0.3 is 11.9 Å². The maximum Gasteiger partial charge on any atom is 0.322 e. The number of carboxylic acid groups (broad SMARTS) is 1. The van der Waals surface area contributed by atoms with E-state index in [0.717, 1.165) is 4.31 Å². The number of piperidine rings is 1. The van der Waals surface area contributed by atoms with Gasteiger partial charge in [0.05, 0.1) is 18.1 Å². The fourth-order valence-electron chi connectivity index (χ4n) is 2.62. The first-order chi connectivity index (χ1) is 10.8. The number of carbonyl (C=O) groups is 2. The number of aliphatic carboxylic acids is 1. The quantitative estimate of drug-likeness (QED) is 0.813. The number of hydrogen-bond donors (Lipinski definition) is 1. The summed E-state index contributed by atoms with van der Waals surface area (Å²) in [5, 5.41) is 9.39. The molecular weight excluding hydrogens is 346 g/mol. The largest absolute Gasteiger partial charge is 0.480 e. The lowest BCUT2D eigenvalue weighted by molar-refractivity contribution is -0.150. The molecule has 0 spiro atoms. The topological polar surface area (TPSA) is 101 Å². The second kappa shape index (κ2) is 6.86. The van der Waals surface area contributed by atoms with Gasteiger partial charge in [0.25, 0.3) is 0 Å². The second-order valence-electron chi connectivity index (χ2n) is 5.14. The van der Waals surface area contributed by atoms with E-state index in [9.17, 15) is 23.1 Å². The van der Waals surface area contributed by atoms with Gasteiger partial charge in [-0.2, -0.15) is 4.31 Å². The van der Waals surface area contributed by atoms with E-state index in [2.05, 4.69) is 4.74 Å². The predicted octanol–water partition coefficient (Wildman–Crippen LogP) is 1.37. The van der Waals surface area contributed by atoms with Gasteiger partial charge in [-0.25, -0.2) is 8.42 Å². The summed E-state index contributed by atoms with van der Waals surface area (Å²) < 4.78 is 31.0. The number of sulfonamides is 1. The van der Waals surface area contributed by atoms with E-state index >= 15 is 0 Å². The molecule has 1 aliphatic rings. The molecule has 0 bridgehead atoms. The summed E-state index contributed by atoms with van der Waals surface area (Å²) in [6.07, 6.45) is 0.0613. The van der Waals surface area contributed by atoms with E-state index < -0.39 is 33.9 Å². The standard InChI is InChI=1S/C14H16ClNO6S/c1-22-14(19)9-6-7-16(11(8-9)13(17)18)23(20,21)12-5-3-2-4-10(12)15/h2-5,9,11H,6-8H2,1H3,(H,17,18). The zero-order valence-corrected chi connectivity index (χ0v) is 13.9. The molecule has 1 saturated heterocycles. The predicted molar refractivity (Wildman–Crippen MR) is 81.5 cm³/mol. The van der Waals surface area contributed by atoms with Crippen LogP contribution in [0.4, 0.5) is 0 Å². The number of halogens is 1. The number of esters is 1. The molecule has 2 atom stereocenters. The Labute approximate surface area is 138 Å². The highest BCUT2D eigenvalue weighted by Gasteiger charge is 2.43. The Morgan fingerprint density at radius 2 is 2.00 bits per heavy atom. The molecule has 0 saturated carbocycles. The molecule has 1 N–H and O–H groups in total. The Kier molecular flexibility index (Phi) is 5.28. The molecule has 0 aromatic heterocycles. The summed E-state index contributed by atoms with van der Waals surface area (Å²) in [7, 11) is -2.86. The third-order valence-corrected chi connectivity index (χ3v) is 6.20. The molecule has 9 heteroatoms. The number of benzene rings is 1. The van der Waals surface area contributed by atoms with Crippen LogP contribution >= 0.6 is 11.6 Å². The van der Waals surface area contributed by atoms with E-state index in [4.69, 9.17) is 11.6 Å². The first-order valence-electron chi connectivity index (χ1n) is 6.86. The molecule has 2 unspecified atom stereocenters. The number of nitrogens with zero attached hydrogens (tertiary/aromatic N) is 1. The van der Waals surface area contributed by atoms with Crippen molar-refractivity contribution in [1.82, 2.24) is 4.31 Å². The van der Waals surface area contributed by atoms with E-state index in [1.165, 1.54) is 25.3 Å². The van der Waals surface area contributed by atoms with Crippen LogP contribution in [0.15, 0.2) is 29.2 Å². The van der Waals surface area contributed by atoms with Gasteiger partial charge in [-0.15, -0.1) is 0 Å². The minimum Gasteiger partial charge on any atom is -0.480 e. The van der Waals surface area contributed by atoms with Crippen LogP contribution < -0.4 is 0 Å². The van der Waals surface area contributed by atoms with Crippen molar-refractivity contribution in [2.24, 2.45) is 5.92 Å². The maximum atomic E-state index is 12.7. The average molecular weight is 362 g/mol. The summed E-state index contributed by atoms with van der Waals surface area (Å²) >= 11 is 5.93. The molecule has 0 aliphatic carbocycles. The van der Waals surface area contributed by atoms with Crippen molar-refractivity contribution in [3.63, 3.8) is 0 Å². The van der Waals surface area contributed by atoms with Crippen LogP contribution in [0.1, 0.15) is 12.8 Å². The molecule has 1 aliphatic heterocycles. The van der Waals surface area contributed by atoms with Crippen molar-refractivity contribution in [3.05, 3.63) is 29.3 Å². The third-order valence-electron chi connectivity index (χ3n) is 3.80. The molecule has 1 fully saturated rings. The van der Waals surface area contributed by atoms with Crippen LogP contribution in [-0.2, 0) is 24.3 Å². The molecule has 2 rings (SSSR count). The Bertz CT molecular complexity index is 720. The Hall–Kier alpha value is -1.64. The van der Waals surface area contributed by atoms with Crippen molar-refractivity contribution in [3.8, 4) is 0 Å². The minimum absolute atomic E-state index is 0.0201.